The van der Waals surface area contributed by atoms with Crippen LogP contribution in [-0.2, 0) is 0 Å². The van der Waals surface area contributed by atoms with Gasteiger partial charge in [-0.1, -0.05) is 28.1 Å². The van der Waals surface area contributed by atoms with Crippen molar-refractivity contribution in [2.24, 2.45) is 10.9 Å². The molecule has 1 aliphatic carbocycles. The Morgan fingerprint density at radius 3 is 3.23 bits per heavy atom. The van der Waals surface area contributed by atoms with E-state index in [9.17, 15) is 0 Å². The molecule has 1 aromatic carbocycles. The van der Waals surface area contributed by atoms with Gasteiger partial charge in [-0.2, -0.15) is 0 Å². The Labute approximate surface area is 86.0 Å². The molecule has 13 heavy (non-hydrogen) atoms. The smallest absolute Gasteiger partial charge is 0.0423 e. The van der Waals surface area contributed by atoms with E-state index in [-0.39, 0.29) is 0 Å². The van der Waals surface area contributed by atoms with Crippen LogP contribution in [0.1, 0.15) is 23.5 Å². The highest BCUT2D eigenvalue weighted by Gasteiger charge is 2.40. The quantitative estimate of drug-likeness (QED) is 0.656. The van der Waals surface area contributed by atoms with Crippen molar-refractivity contribution in [2.75, 3.05) is 6.54 Å². The van der Waals surface area contributed by atoms with Gasteiger partial charge < -0.3 is 0 Å². The van der Waals surface area contributed by atoms with Crippen LogP contribution in [-0.4, -0.2) is 12.8 Å². The molecule has 1 nitrogen and oxygen atoms in total. The number of rotatable bonds is 0. The summed E-state index contributed by atoms with van der Waals surface area (Å²) in [5.41, 5.74) is 2.79. The van der Waals surface area contributed by atoms with Crippen molar-refractivity contribution in [1.82, 2.24) is 0 Å². The summed E-state index contributed by atoms with van der Waals surface area (Å²) in [5.74, 6) is 1.61. The topological polar surface area (TPSA) is 12.4 Å². The molecule has 1 aliphatic heterocycles. The maximum atomic E-state index is 4.44. The number of halogens is 1. The molecule has 1 heterocycles. The second-order valence-corrected chi connectivity index (χ2v) is 4.69. The Hall–Kier alpha value is -0.630. The summed E-state index contributed by atoms with van der Waals surface area (Å²) >= 11 is 3.57. The van der Waals surface area contributed by atoms with Gasteiger partial charge in [0.1, 0.15) is 0 Å². The van der Waals surface area contributed by atoms with Gasteiger partial charge >= 0.3 is 0 Å². The molecule has 0 spiro atoms. The van der Waals surface area contributed by atoms with E-state index >= 15 is 0 Å². The van der Waals surface area contributed by atoms with Gasteiger partial charge in [-0.25, -0.2) is 0 Å². The summed E-state index contributed by atoms with van der Waals surface area (Å²) in [6.45, 7) is 1.02. The fourth-order valence-corrected chi connectivity index (χ4v) is 2.61. The monoisotopic (exact) mass is 235 g/mol. The molecule has 0 unspecified atom stereocenters. The number of hydrogen-bond donors (Lipinski definition) is 0. The van der Waals surface area contributed by atoms with E-state index in [2.05, 4.69) is 39.1 Å². The van der Waals surface area contributed by atoms with Crippen LogP contribution in [0.3, 0.4) is 0 Å². The lowest BCUT2D eigenvalue weighted by Crippen LogP contribution is -1.90. The zero-order valence-corrected chi connectivity index (χ0v) is 8.79. The average Bonchev–Trinajstić information content (AvgIpc) is 2.84. The summed E-state index contributed by atoms with van der Waals surface area (Å²) in [7, 11) is 0. The third-order valence-corrected chi connectivity index (χ3v) is 3.66. The van der Waals surface area contributed by atoms with Gasteiger partial charge in [0.25, 0.3) is 0 Å². The molecule has 0 aromatic heterocycles. The molecule has 0 radical (unpaired) electrons. The first-order valence-corrected chi connectivity index (χ1v) is 5.44. The zero-order chi connectivity index (χ0) is 8.84. The Bertz CT molecular complexity index is 384. The number of benzene rings is 1. The van der Waals surface area contributed by atoms with Crippen LogP contribution in [0.4, 0.5) is 0 Å². The summed E-state index contributed by atoms with van der Waals surface area (Å²) in [4.78, 5) is 4.44. The van der Waals surface area contributed by atoms with E-state index < -0.39 is 0 Å². The maximum Gasteiger partial charge on any atom is 0.0423 e. The molecule has 0 N–H and O–H groups in total. The fraction of sp³-hybridized carbons (Fsp3) is 0.364. The molecule has 2 aliphatic rings. The van der Waals surface area contributed by atoms with Gasteiger partial charge in [-0.05, 0) is 29.9 Å². The Kier molecular flexibility index (Phi) is 1.59. The average molecular weight is 236 g/mol. The molecule has 0 amide bonds. The van der Waals surface area contributed by atoms with Crippen molar-refractivity contribution in [3.05, 3.63) is 33.8 Å². The molecule has 1 saturated carbocycles. The van der Waals surface area contributed by atoms with Gasteiger partial charge in [-0.3, -0.25) is 4.99 Å². The zero-order valence-electron chi connectivity index (χ0n) is 7.20. The molecule has 2 heteroatoms. The normalized spacial score (nSPS) is 29.0. The lowest BCUT2D eigenvalue weighted by Gasteiger charge is -2.04. The van der Waals surface area contributed by atoms with Gasteiger partial charge in [0, 0.05) is 22.8 Å². The first-order chi connectivity index (χ1) is 6.36. The molecule has 2 atom stereocenters. The van der Waals surface area contributed by atoms with Crippen molar-refractivity contribution in [3.63, 3.8) is 0 Å². The van der Waals surface area contributed by atoms with Crippen molar-refractivity contribution in [2.45, 2.75) is 12.3 Å². The minimum Gasteiger partial charge on any atom is -0.292 e. The summed E-state index contributed by atoms with van der Waals surface area (Å²) in [5, 5.41) is 0. The first kappa shape index (κ1) is 7.74. The van der Waals surface area contributed by atoms with E-state index in [1.54, 1.807) is 0 Å². The SMILES string of the molecule is Brc1cccc2c1C=NC[C@@H]1C[C@H]21. The van der Waals surface area contributed by atoms with Crippen LogP contribution in [0.25, 0.3) is 0 Å². The van der Waals surface area contributed by atoms with Crippen LogP contribution in [0.5, 0.6) is 0 Å². The lowest BCUT2D eigenvalue weighted by molar-refractivity contribution is 0.821. The van der Waals surface area contributed by atoms with Crippen molar-refractivity contribution in [1.29, 1.82) is 0 Å². The summed E-state index contributed by atoms with van der Waals surface area (Å²) in [6, 6.07) is 6.45. The van der Waals surface area contributed by atoms with E-state index in [0.717, 1.165) is 18.4 Å². The van der Waals surface area contributed by atoms with Gasteiger partial charge in [0.15, 0.2) is 0 Å². The lowest BCUT2D eigenvalue weighted by atomic mass is 10.0. The molecular formula is C11H10BrN. The molecule has 1 aromatic rings. The predicted molar refractivity (Wildman–Crippen MR) is 57.5 cm³/mol. The van der Waals surface area contributed by atoms with Crippen LogP contribution < -0.4 is 0 Å². The van der Waals surface area contributed by atoms with Gasteiger partial charge in [0.2, 0.25) is 0 Å². The minimum atomic E-state index is 0.787. The minimum absolute atomic E-state index is 0.787. The van der Waals surface area contributed by atoms with Crippen molar-refractivity contribution in [3.8, 4) is 0 Å². The van der Waals surface area contributed by atoms with E-state index in [1.165, 1.54) is 22.0 Å². The Morgan fingerprint density at radius 1 is 1.38 bits per heavy atom. The van der Waals surface area contributed by atoms with E-state index in [1.807, 2.05) is 6.21 Å². The summed E-state index contributed by atoms with van der Waals surface area (Å²) in [6.07, 6.45) is 3.35. The molecule has 0 saturated heterocycles. The largest absolute Gasteiger partial charge is 0.292 e. The van der Waals surface area contributed by atoms with Crippen molar-refractivity contribution >= 4 is 22.1 Å². The maximum absolute atomic E-state index is 4.44. The van der Waals surface area contributed by atoms with Gasteiger partial charge in [0.05, 0.1) is 0 Å². The number of aliphatic imine (C=N–C) groups is 1. The number of hydrogen-bond acceptors (Lipinski definition) is 1. The van der Waals surface area contributed by atoms with Crippen LogP contribution in [0.15, 0.2) is 27.7 Å². The molecule has 0 bridgehead atoms. The molecular weight excluding hydrogens is 226 g/mol. The van der Waals surface area contributed by atoms with Crippen LogP contribution in [0.2, 0.25) is 0 Å². The number of fused-ring (bicyclic) bond motifs is 3. The predicted octanol–water partition coefficient (Wildman–Crippen LogP) is 2.99. The molecule has 1 fully saturated rings. The fourth-order valence-electron chi connectivity index (χ4n) is 2.12. The molecule has 3 rings (SSSR count). The summed E-state index contributed by atoms with van der Waals surface area (Å²) < 4.78 is 1.18. The van der Waals surface area contributed by atoms with E-state index in [0.29, 0.717) is 0 Å². The van der Waals surface area contributed by atoms with Crippen molar-refractivity contribution < 1.29 is 0 Å². The Morgan fingerprint density at radius 2 is 2.31 bits per heavy atom. The van der Waals surface area contributed by atoms with Crippen LogP contribution in [0, 0.1) is 5.92 Å². The second-order valence-electron chi connectivity index (χ2n) is 3.84. The first-order valence-electron chi connectivity index (χ1n) is 4.64. The van der Waals surface area contributed by atoms with Gasteiger partial charge in [-0.15, -0.1) is 0 Å². The highest BCUT2D eigenvalue weighted by Crippen LogP contribution is 2.50. The number of nitrogens with zero attached hydrogens (tertiary/aromatic N) is 1. The highest BCUT2D eigenvalue weighted by atomic mass is 79.9. The highest BCUT2D eigenvalue weighted by molar-refractivity contribution is 9.10. The standard InChI is InChI=1S/C11H10BrN/c12-11-3-1-2-8-9-4-7(9)5-13-6-10(8)11/h1-3,6-7,9H,4-5H2/t7-,9-/m0/s1. The van der Waals surface area contributed by atoms with E-state index in [4.69, 9.17) is 0 Å². The molecule has 66 valence electrons. The third kappa shape index (κ3) is 1.16. The Balaban J connectivity index is 2.20. The second kappa shape index (κ2) is 2.68. The van der Waals surface area contributed by atoms with Crippen LogP contribution >= 0.6 is 15.9 Å². The third-order valence-electron chi connectivity index (χ3n) is 2.97.